The highest BCUT2D eigenvalue weighted by molar-refractivity contribution is 8.15. The molecule has 0 bridgehead atoms. The lowest BCUT2D eigenvalue weighted by Crippen LogP contribution is -2.10. The molecule has 3 aromatic rings. The number of carbonyl (C=O) groups excluding carboxylic acids is 1. The van der Waals surface area contributed by atoms with Gasteiger partial charge in [-0.1, -0.05) is 12.1 Å². The van der Waals surface area contributed by atoms with Crippen LogP contribution in [0.25, 0.3) is 11.4 Å². The van der Waals surface area contributed by atoms with Crippen molar-refractivity contribution >= 4 is 34.0 Å². The van der Waals surface area contributed by atoms with Gasteiger partial charge in [0.25, 0.3) is 5.69 Å². The van der Waals surface area contributed by atoms with Crippen molar-refractivity contribution in [1.82, 2.24) is 14.8 Å². The number of hydrogen-bond donors (Lipinski definition) is 1. The second kappa shape index (κ2) is 9.18. The molecule has 0 fully saturated rings. The molecule has 1 N–H and O–H groups in total. The van der Waals surface area contributed by atoms with E-state index < -0.39 is 4.92 Å². The minimum absolute atomic E-state index is 0.0879. The number of aromatic nitrogens is 3. The van der Waals surface area contributed by atoms with Crippen LogP contribution in [0.5, 0.6) is 5.75 Å². The molecule has 154 valence electrons. The number of anilines is 1. The number of hydrogen-bond acceptors (Lipinski definition) is 9. The molecule has 2 aromatic carbocycles. The number of nitrogens with zero attached hydrogens (tertiary/aromatic N) is 5. The van der Waals surface area contributed by atoms with Gasteiger partial charge in [-0.05, 0) is 42.1 Å². The Labute approximate surface area is 176 Å². The van der Waals surface area contributed by atoms with E-state index in [1.54, 1.807) is 30.9 Å². The van der Waals surface area contributed by atoms with Crippen LogP contribution < -0.4 is 10.2 Å². The fourth-order valence-corrected chi connectivity index (χ4v) is 3.21. The van der Waals surface area contributed by atoms with Crippen molar-refractivity contribution in [3.63, 3.8) is 0 Å². The standard InChI is InChI=1S/C19H18N6O4S/c1-12(26)18(22-20-15-6-4-5-7-16(15)25(27)28)30-19-23-21-17(24(19)2)13-8-10-14(29-3)11-9-13/h4-11,20H,1-3H3. The molecule has 1 heterocycles. The molecule has 0 atom stereocenters. The van der Waals surface area contributed by atoms with Crippen molar-refractivity contribution < 1.29 is 14.5 Å². The van der Waals surface area contributed by atoms with Crippen molar-refractivity contribution in [2.45, 2.75) is 12.1 Å². The van der Waals surface area contributed by atoms with E-state index in [-0.39, 0.29) is 22.2 Å². The Balaban J connectivity index is 1.84. The van der Waals surface area contributed by atoms with Gasteiger partial charge in [0.05, 0.1) is 12.0 Å². The zero-order valence-electron chi connectivity index (χ0n) is 16.4. The predicted octanol–water partition coefficient (Wildman–Crippen LogP) is 3.51. The highest BCUT2D eigenvalue weighted by Gasteiger charge is 2.18. The van der Waals surface area contributed by atoms with Crippen LogP contribution in [0.3, 0.4) is 0 Å². The van der Waals surface area contributed by atoms with Crippen molar-refractivity contribution in [3.8, 4) is 17.1 Å². The largest absolute Gasteiger partial charge is 0.497 e. The molecule has 30 heavy (non-hydrogen) atoms. The van der Waals surface area contributed by atoms with Gasteiger partial charge in [-0.25, -0.2) is 0 Å². The van der Waals surface area contributed by atoms with Crippen molar-refractivity contribution in [3.05, 3.63) is 58.6 Å². The van der Waals surface area contributed by atoms with Crippen LogP contribution >= 0.6 is 11.8 Å². The summed E-state index contributed by atoms with van der Waals surface area (Å²) in [5, 5.41) is 24.0. The molecule has 3 rings (SSSR count). The number of ether oxygens (including phenoxy) is 1. The summed E-state index contributed by atoms with van der Waals surface area (Å²) >= 11 is 1.01. The normalized spacial score (nSPS) is 11.2. The maximum atomic E-state index is 12.1. The molecule has 0 spiro atoms. The van der Waals surface area contributed by atoms with Gasteiger partial charge in [-0.2, -0.15) is 5.10 Å². The van der Waals surface area contributed by atoms with E-state index in [4.69, 9.17) is 4.74 Å². The molecule has 0 unspecified atom stereocenters. The number of benzene rings is 2. The Morgan fingerprint density at radius 2 is 1.90 bits per heavy atom. The number of rotatable bonds is 7. The Kier molecular flexibility index (Phi) is 6.42. The van der Waals surface area contributed by atoms with Gasteiger partial charge in [0.1, 0.15) is 11.4 Å². The van der Waals surface area contributed by atoms with E-state index in [0.29, 0.717) is 11.0 Å². The van der Waals surface area contributed by atoms with Crippen LogP contribution in [-0.4, -0.2) is 37.6 Å². The molecule has 0 saturated carbocycles. The minimum Gasteiger partial charge on any atom is -0.497 e. The number of para-hydroxylation sites is 2. The molecule has 0 amide bonds. The quantitative estimate of drug-likeness (QED) is 0.200. The SMILES string of the molecule is COc1ccc(-c2nnc(SC(=NNc3ccccc3[N+](=O)[O-])C(C)=O)n2C)cc1. The minimum atomic E-state index is -0.526. The third kappa shape index (κ3) is 4.63. The smallest absolute Gasteiger partial charge is 0.294 e. The summed E-state index contributed by atoms with van der Waals surface area (Å²) in [7, 11) is 3.36. The summed E-state index contributed by atoms with van der Waals surface area (Å²) in [5.41, 5.74) is 3.47. The van der Waals surface area contributed by atoms with Crippen molar-refractivity contribution in [2.24, 2.45) is 12.1 Å². The van der Waals surface area contributed by atoms with E-state index in [0.717, 1.165) is 23.1 Å². The summed E-state index contributed by atoms with van der Waals surface area (Å²) in [6, 6.07) is 13.4. The topological polar surface area (TPSA) is 125 Å². The van der Waals surface area contributed by atoms with Crippen LogP contribution in [0.15, 0.2) is 58.8 Å². The first-order chi connectivity index (χ1) is 14.4. The molecular formula is C19H18N6O4S. The van der Waals surface area contributed by atoms with Gasteiger partial charge in [0, 0.05) is 25.6 Å². The maximum Gasteiger partial charge on any atom is 0.294 e. The summed E-state index contributed by atoms with van der Waals surface area (Å²) in [6.07, 6.45) is 0. The number of Topliss-reactive ketones (excluding diaryl/α,β-unsaturated/α-hetero) is 1. The lowest BCUT2D eigenvalue weighted by atomic mass is 10.2. The monoisotopic (exact) mass is 426 g/mol. The first-order valence-corrected chi connectivity index (χ1v) is 9.52. The van der Waals surface area contributed by atoms with E-state index in [9.17, 15) is 14.9 Å². The van der Waals surface area contributed by atoms with E-state index in [1.165, 1.54) is 19.1 Å². The summed E-state index contributed by atoms with van der Waals surface area (Å²) < 4.78 is 6.89. The van der Waals surface area contributed by atoms with Gasteiger partial charge in [-0.15, -0.1) is 10.2 Å². The van der Waals surface area contributed by atoms with E-state index in [2.05, 4.69) is 20.7 Å². The third-order valence-electron chi connectivity index (χ3n) is 4.05. The number of hydrazone groups is 1. The van der Waals surface area contributed by atoms with Gasteiger partial charge in [-0.3, -0.25) is 20.3 Å². The number of nitro benzene ring substituents is 1. The lowest BCUT2D eigenvalue weighted by Gasteiger charge is -2.06. The molecule has 1 aromatic heterocycles. The molecule has 0 radical (unpaired) electrons. The van der Waals surface area contributed by atoms with Gasteiger partial charge < -0.3 is 9.30 Å². The zero-order valence-corrected chi connectivity index (χ0v) is 17.2. The third-order valence-corrected chi connectivity index (χ3v) is 5.16. The first kappa shape index (κ1) is 21.0. The number of carbonyl (C=O) groups is 1. The first-order valence-electron chi connectivity index (χ1n) is 8.70. The summed E-state index contributed by atoms with van der Waals surface area (Å²) in [6.45, 7) is 1.35. The molecule has 0 aliphatic heterocycles. The second-order valence-corrected chi connectivity index (χ2v) is 7.01. The number of ketones is 1. The van der Waals surface area contributed by atoms with Crippen LogP contribution in [0, 0.1) is 10.1 Å². The number of nitro groups is 1. The summed E-state index contributed by atoms with van der Waals surface area (Å²) in [5.74, 6) is 1.01. The number of methoxy groups -OCH3 is 1. The number of nitrogens with one attached hydrogen (secondary N) is 1. The summed E-state index contributed by atoms with van der Waals surface area (Å²) in [4.78, 5) is 22.7. The fraction of sp³-hybridized carbons (Fsp3) is 0.158. The highest BCUT2D eigenvalue weighted by Crippen LogP contribution is 2.27. The lowest BCUT2D eigenvalue weighted by molar-refractivity contribution is -0.384. The Morgan fingerprint density at radius 1 is 1.20 bits per heavy atom. The second-order valence-electron chi connectivity index (χ2n) is 6.05. The van der Waals surface area contributed by atoms with Gasteiger partial charge in [0.2, 0.25) is 0 Å². The van der Waals surface area contributed by atoms with Crippen molar-refractivity contribution in [2.75, 3.05) is 12.5 Å². The maximum absolute atomic E-state index is 12.1. The average Bonchev–Trinajstić information content (AvgIpc) is 3.11. The van der Waals surface area contributed by atoms with E-state index in [1.807, 2.05) is 24.3 Å². The Hall–Kier alpha value is -3.73. The molecule has 0 saturated heterocycles. The zero-order chi connectivity index (χ0) is 21.7. The number of thioether (sulfide) groups is 1. The van der Waals surface area contributed by atoms with Crippen LogP contribution in [-0.2, 0) is 11.8 Å². The van der Waals surface area contributed by atoms with Crippen LogP contribution in [0.4, 0.5) is 11.4 Å². The predicted molar refractivity (Wildman–Crippen MR) is 114 cm³/mol. The van der Waals surface area contributed by atoms with E-state index >= 15 is 0 Å². The Morgan fingerprint density at radius 3 is 2.53 bits per heavy atom. The average molecular weight is 426 g/mol. The van der Waals surface area contributed by atoms with Gasteiger partial charge >= 0.3 is 0 Å². The van der Waals surface area contributed by atoms with Gasteiger partial charge in [0.15, 0.2) is 21.8 Å². The fourth-order valence-electron chi connectivity index (χ4n) is 2.49. The van der Waals surface area contributed by atoms with Crippen LogP contribution in [0.2, 0.25) is 0 Å². The molecule has 10 nitrogen and oxygen atoms in total. The van der Waals surface area contributed by atoms with Crippen LogP contribution in [0.1, 0.15) is 6.92 Å². The van der Waals surface area contributed by atoms with Crippen molar-refractivity contribution in [1.29, 1.82) is 0 Å². The molecule has 0 aliphatic carbocycles. The molecule has 11 heteroatoms. The molecular weight excluding hydrogens is 408 g/mol. The molecule has 0 aliphatic rings. The highest BCUT2D eigenvalue weighted by atomic mass is 32.2. The Bertz CT molecular complexity index is 1110.